The van der Waals surface area contributed by atoms with E-state index < -0.39 is 0 Å². The van der Waals surface area contributed by atoms with E-state index >= 15 is 0 Å². The van der Waals surface area contributed by atoms with Gasteiger partial charge in [-0.3, -0.25) is 0 Å². The first kappa shape index (κ1) is 24.5. The Balaban J connectivity index is 1.72. The highest BCUT2D eigenvalue weighted by Crippen LogP contribution is 2.34. The van der Waals surface area contributed by atoms with E-state index in [1.165, 1.54) is 16.7 Å². The molecule has 2 N–H and O–H groups in total. The molecule has 1 atom stereocenters. The van der Waals surface area contributed by atoms with E-state index in [9.17, 15) is 0 Å². The Bertz CT molecular complexity index is 1000. The fraction of sp³-hybridized carbons (Fsp3) is 0.357. The van der Waals surface area contributed by atoms with Gasteiger partial charge in [-0.15, -0.1) is 0 Å². The fourth-order valence-corrected chi connectivity index (χ4v) is 4.07. The molecule has 0 aliphatic rings. The zero-order chi connectivity index (χ0) is 23.6. The third-order valence-corrected chi connectivity index (χ3v) is 5.66. The molecule has 0 aliphatic carbocycles. The Labute approximate surface area is 197 Å². The molecule has 0 heterocycles. The zero-order valence-corrected chi connectivity index (χ0v) is 20.3. The Morgan fingerprint density at radius 3 is 2.12 bits per heavy atom. The Kier molecular flexibility index (Phi) is 9.02. The minimum absolute atomic E-state index is 0.159. The predicted molar refractivity (Wildman–Crippen MR) is 132 cm³/mol. The van der Waals surface area contributed by atoms with E-state index in [-0.39, 0.29) is 12.0 Å². The van der Waals surface area contributed by atoms with Crippen LogP contribution in [0.3, 0.4) is 0 Å². The fourth-order valence-electron chi connectivity index (χ4n) is 4.07. The minimum atomic E-state index is 0.159. The second kappa shape index (κ2) is 12.2. The van der Waals surface area contributed by atoms with Crippen LogP contribution in [0.25, 0.3) is 0 Å². The maximum atomic E-state index is 5.83. The van der Waals surface area contributed by atoms with E-state index in [1.807, 2.05) is 38.1 Å². The lowest BCUT2D eigenvalue weighted by Gasteiger charge is -2.20. The Hall–Kier alpha value is -3.18. The lowest BCUT2D eigenvalue weighted by molar-refractivity contribution is -0.671. The first-order valence-corrected chi connectivity index (χ1v) is 11.5. The molecule has 5 heteroatoms. The molecule has 0 aromatic heterocycles. The van der Waals surface area contributed by atoms with Gasteiger partial charge in [-0.1, -0.05) is 30.3 Å². The van der Waals surface area contributed by atoms with E-state index in [0.717, 1.165) is 42.5 Å². The van der Waals surface area contributed by atoms with E-state index in [0.29, 0.717) is 0 Å². The van der Waals surface area contributed by atoms with Crippen molar-refractivity contribution in [2.75, 3.05) is 27.9 Å². The average Bonchev–Trinajstić information content (AvgIpc) is 2.84. The zero-order valence-electron chi connectivity index (χ0n) is 20.3. The minimum Gasteiger partial charge on any atom is -0.496 e. The highest BCUT2D eigenvalue weighted by atomic mass is 16.5. The number of rotatable bonds is 12. The molecule has 0 amide bonds. The van der Waals surface area contributed by atoms with Crippen molar-refractivity contribution >= 4 is 0 Å². The summed E-state index contributed by atoms with van der Waals surface area (Å²) in [4.78, 5) is 0. The number of nitrogens with two attached hydrogens (primary N) is 1. The second-order valence-corrected chi connectivity index (χ2v) is 8.29. The number of methoxy groups -OCH3 is 3. The quantitative estimate of drug-likeness (QED) is 0.403. The van der Waals surface area contributed by atoms with Crippen LogP contribution in [0, 0.1) is 0 Å². The van der Waals surface area contributed by atoms with Crippen LogP contribution >= 0.6 is 0 Å². The summed E-state index contributed by atoms with van der Waals surface area (Å²) < 4.78 is 22.3. The molecule has 0 bridgehead atoms. The summed E-state index contributed by atoms with van der Waals surface area (Å²) in [6.45, 7) is 5.93. The molecule has 5 nitrogen and oxygen atoms in total. The standard InChI is InChI=1S/C28H35NO4/c1-20(2)33-23-13-11-22(12-14-23)24(25-8-6-7-9-26(25)30-3)16-17-29-19-21-10-15-27(31-4)28(18-21)32-5/h6-15,18,20,24,29H,16-17,19H2,1-5H3/p+1/t24-/m0/s1. The first-order valence-electron chi connectivity index (χ1n) is 11.5. The first-order chi connectivity index (χ1) is 16.0. The lowest BCUT2D eigenvalue weighted by Crippen LogP contribution is -2.82. The molecule has 0 fully saturated rings. The van der Waals surface area contributed by atoms with Gasteiger partial charge in [0.25, 0.3) is 0 Å². The summed E-state index contributed by atoms with van der Waals surface area (Å²) in [6, 6.07) is 22.8. The van der Waals surface area contributed by atoms with Crippen LogP contribution in [0.2, 0.25) is 0 Å². The molecule has 0 aliphatic heterocycles. The van der Waals surface area contributed by atoms with Gasteiger partial charge in [0.15, 0.2) is 11.5 Å². The predicted octanol–water partition coefficient (Wildman–Crippen LogP) is 4.79. The number of benzene rings is 3. The van der Waals surface area contributed by atoms with Crippen molar-refractivity contribution in [3.8, 4) is 23.0 Å². The van der Waals surface area contributed by atoms with Crippen molar-refractivity contribution in [3.05, 3.63) is 83.4 Å². The second-order valence-electron chi connectivity index (χ2n) is 8.29. The topological polar surface area (TPSA) is 53.5 Å². The van der Waals surface area contributed by atoms with Gasteiger partial charge in [0.05, 0.1) is 34.0 Å². The van der Waals surface area contributed by atoms with E-state index in [1.54, 1.807) is 21.3 Å². The van der Waals surface area contributed by atoms with E-state index in [4.69, 9.17) is 18.9 Å². The highest BCUT2D eigenvalue weighted by molar-refractivity contribution is 5.44. The van der Waals surface area contributed by atoms with Crippen molar-refractivity contribution < 1.29 is 24.3 Å². The maximum absolute atomic E-state index is 5.83. The number of quaternary nitrogens is 1. The number of ether oxygens (including phenoxy) is 4. The van der Waals surface area contributed by atoms with Crippen LogP contribution in [-0.4, -0.2) is 34.0 Å². The van der Waals surface area contributed by atoms with E-state index in [2.05, 4.69) is 47.8 Å². The number of hydrogen-bond donors (Lipinski definition) is 1. The SMILES string of the molecule is COc1ccc(C[NH2+]CC[C@@H](c2ccc(OC(C)C)cc2)c2ccccc2OC)cc1OC. The van der Waals surface area contributed by atoms with Crippen molar-refractivity contribution in [2.45, 2.75) is 38.8 Å². The average molecular weight is 451 g/mol. The Morgan fingerprint density at radius 2 is 1.45 bits per heavy atom. The summed E-state index contributed by atoms with van der Waals surface area (Å²) in [5, 5.41) is 2.33. The molecule has 3 aromatic rings. The van der Waals surface area contributed by atoms with Crippen LogP contribution in [-0.2, 0) is 6.54 Å². The summed E-state index contributed by atoms with van der Waals surface area (Å²) >= 11 is 0. The summed E-state index contributed by atoms with van der Waals surface area (Å²) in [6.07, 6.45) is 1.14. The molecular weight excluding hydrogens is 414 g/mol. The van der Waals surface area contributed by atoms with Gasteiger partial charge in [-0.25, -0.2) is 0 Å². The molecule has 3 aromatic carbocycles. The molecular formula is C28H36NO4+. The van der Waals surface area contributed by atoms with Gasteiger partial charge in [-0.2, -0.15) is 0 Å². The summed E-state index contributed by atoms with van der Waals surface area (Å²) in [5.41, 5.74) is 3.67. The monoisotopic (exact) mass is 450 g/mol. The van der Waals surface area contributed by atoms with Crippen molar-refractivity contribution in [2.24, 2.45) is 0 Å². The highest BCUT2D eigenvalue weighted by Gasteiger charge is 2.19. The molecule has 0 spiro atoms. The van der Waals surface area contributed by atoms with Crippen LogP contribution in [0.4, 0.5) is 0 Å². The third kappa shape index (κ3) is 6.65. The largest absolute Gasteiger partial charge is 0.496 e. The molecule has 0 unspecified atom stereocenters. The molecule has 0 radical (unpaired) electrons. The number of hydrogen-bond acceptors (Lipinski definition) is 4. The van der Waals surface area contributed by atoms with Crippen LogP contribution in [0.15, 0.2) is 66.7 Å². The van der Waals surface area contributed by atoms with Gasteiger partial charge < -0.3 is 24.3 Å². The molecule has 176 valence electrons. The van der Waals surface area contributed by atoms with Crippen LogP contribution < -0.4 is 24.3 Å². The summed E-state index contributed by atoms with van der Waals surface area (Å²) in [5.74, 6) is 3.56. The van der Waals surface area contributed by atoms with Crippen molar-refractivity contribution in [1.29, 1.82) is 0 Å². The van der Waals surface area contributed by atoms with Gasteiger partial charge in [0.1, 0.15) is 18.0 Å². The van der Waals surface area contributed by atoms with Crippen molar-refractivity contribution in [1.82, 2.24) is 0 Å². The third-order valence-electron chi connectivity index (χ3n) is 5.66. The molecule has 0 saturated heterocycles. The van der Waals surface area contributed by atoms with Gasteiger partial charge in [-0.05, 0) is 55.8 Å². The Morgan fingerprint density at radius 1 is 0.758 bits per heavy atom. The maximum Gasteiger partial charge on any atom is 0.161 e. The number of para-hydroxylation sites is 1. The molecule has 33 heavy (non-hydrogen) atoms. The van der Waals surface area contributed by atoms with Gasteiger partial charge in [0.2, 0.25) is 0 Å². The normalized spacial score (nSPS) is 11.8. The summed E-state index contributed by atoms with van der Waals surface area (Å²) in [7, 11) is 5.06. The van der Waals surface area contributed by atoms with Crippen molar-refractivity contribution in [3.63, 3.8) is 0 Å². The van der Waals surface area contributed by atoms with Crippen LogP contribution in [0.1, 0.15) is 42.9 Å². The molecule has 3 rings (SSSR count). The van der Waals surface area contributed by atoms with Gasteiger partial charge in [0, 0.05) is 23.5 Å². The van der Waals surface area contributed by atoms with Gasteiger partial charge >= 0.3 is 0 Å². The molecule has 0 saturated carbocycles. The lowest BCUT2D eigenvalue weighted by atomic mass is 9.88. The van der Waals surface area contributed by atoms with Crippen LogP contribution in [0.5, 0.6) is 23.0 Å². The smallest absolute Gasteiger partial charge is 0.161 e.